The number of para-hydroxylation sites is 1. The molecule has 0 saturated heterocycles. The summed E-state index contributed by atoms with van der Waals surface area (Å²) in [4.78, 5) is 2.41. The fourth-order valence-electron chi connectivity index (χ4n) is 2.16. The number of hydrogen-bond donors (Lipinski definition) is 1. The molecule has 1 aromatic rings. The van der Waals surface area contributed by atoms with Crippen LogP contribution < -0.4 is 10.1 Å². The predicted octanol–water partition coefficient (Wildman–Crippen LogP) is 3.29. The number of likely N-dealkylation sites (N-methyl/N-ethyl adjacent to an activating group) is 1. The number of benzene rings is 1. The number of nitrogens with zero attached hydrogens (tertiary/aromatic N) is 1. The van der Waals surface area contributed by atoms with Crippen LogP contribution in [0, 0.1) is 0 Å². The second-order valence-corrected chi connectivity index (χ2v) is 5.71. The minimum atomic E-state index is 0.486. The molecule has 0 atom stereocenters. The van der Waals surface area contributed by atoms with Crippen molar-refractivity contribution in [1.29, 1.82) is 0 Å². The van der Waals surface area contributed by atoms with Crippen LogP contribution in [0.25, 0.3) is 0 Å². The normalized spacial score (nSPS) is 11.6. The molecular formula is C17H30N2O. The number of hydrogen-bond acceptors (Lipinski definition) is 3. The van der Waals surface area contributed by atoms with Gasteiger partial charge in [-0.05, 0) is 26.5 Å². The van der Waals surface area contributed by atoms with Gasteiger partial charge in [-0.3, -0.25) is 4.90 Å². The Labute approximate surface area is 124 Å². The van der Waals surface area contributed by atoms with Gasteiger partial charge in [0.15, 0.2) is 0 Å². The topological polar surface area (TPSA) is 24.5 Å². The first-order chi connectivity index (χ1) is 9.54. The average molecular weight is 278 g/mol. The van der Waals surface area contributed by atoms with Crippen LogP contribution in [0.5, 0.6) is 5.75 Å². The molecule has 0 aliphatic rings. The van der Waals surface area contributed by atoms with Crippen LogP contribution in [0.4, 0.5) is 0 Å². The lowest BCUT2D eigenvalue weighted by atomic mass is 10.2. The smallest absolute Gasteiger partial charge is 0.123 e. The highest BCUT2D eigenvalue weighted by Gasteiger charge is 2.08. The Morgan fingerprint density at radius 2 is 1.85 bits per heavy atom. The third kappa shape index (κ3) is 5.93. The van der Waals surface area contributed by atoms with Crippen molar-refractivity contribution < 1.29 is 4.74 Å². The summed E-state index contributed by atoms with van der Waals surface area (Å²) in [5.74, 6) is 1.00. The minimum absolute atomic E-state index is 0.486. The molecule has 0 aliphatic heterocycles. The van der Waals surface area contributed by atoms with Crippen molar-refractivity contribution >= 4 is 0 Å². The van der Waals surface area contributed by atoms with Gasteiger partial charge in [0.05, 0.1) is 0 Å². The lowest BCUT2D eigenvalue weighted by molar-refractivity contribution is 0.182. The third-order valence-corrected chi connectivity index (χ3v) is 3.45. The van der Waals surface area contributed by atoms with Crippen LogP contribution in [0.2, 0.25) is 0 Å². The van der Waals surface area contributed by atoms with E-state index in [0.717, 1.165) is 32.0 Å². The van der Waals surface area contributed by atoms with Gasteiger partial charge >= 0.3 is 0 Å². The van der Waals surface area contributed by atoms with Gasteiger partial charge < -0.3 is 10.1 Å². The van der Waals surface area contributed by atoms with E-state index in [1.807, 2.05) is 6.07 Å². The van der Waals surface area contributed by atoms with Crippen LogP contribution in [0.3, 0.4) is 0 Å². The maximum atomic E-state index is 5.97. The average Bonchev–Trinajstić information content (AvgIpc) is 2.42. The molecule has 20 heavy (non-hydrogen) atoms. The first kappa shape index (κ1) is 17.0. The van der Waals surface area contributed by atoms with Crippen molar-refractivity contribution in [2.45, 2.75) is 53.2 Å². The Morgan fingerprint density at radius 1 is 1.15 bits per heavy atom. The second kappa shape index (κ2) is 8.98. The maximum absolute atomic E-state index is 5.97. The standard InChI is InChI=1S/C17H30N2O/c1-6-19(15(4)5)11-12-20-17-10-8-7-9-16(17)13-18-14(2)3/h7-10,14-15,18H,6,11-13H2,1-5H3. The molecule has 0 spiro atoms. The molecule has 0 aromatic heterocycles. The molecule has 0 aliphatic carbocycles. The molecule has 114 valence electrons. The number of ether oxygens (including phenoxy) is 1. The van der Waals surface area contributed by atoms with Crippen molar-refractivity contribution in [3.63, 3.8) is 0 Å². The van der Waals surface area contributed by atoms with Crippen molar-refractivity contribution in [2.24, 2.45) is 0 Å². The van der Waals surface area contributed by atoms with Gasteiger partial charge in [-0.25, -0.2) is 0 Å². The van der Waals surface area contributed by atoms with E-state index in [2.05, 4.69) is 63.0 Å². The summed E-state index contributed by atoms with van der Waals surface area (Å²) in [5.41, 5.74) is 1.23. The molecule has 3 nitrogen and oxygen atoms in total. The SMILES string of the molecule is CCN(CCOc1ccccc1CNC(C)C)C(C)C. The van der Waals surface area contributed by atoms with Crippen molar-refractivity contribution in [1.82, 2.24) is 10.2 Å². The highest BCUT2D eigenvalue weighted by Crippen LogP contribution is 2.18. The molecular weight excluding hydrogens is 248 g/mol. The number of nitrogens with one attached hydrogen (secondary N) is 1. The van der Waals surface area contributed by atoms with E-state index in [0.29, 0.717) is 12.1 Å². The zero-order chi connectivity index (χ0) is 15.0. The van der Waals surface area contributed by atoms with Gasteiger partial charge in [-0.2, -0.15) is 0 Å². The molecule has 1 N–H and O–H groups in total. The lowest BCUT2D eigenvalue weighted by Crippen LogP contribution is -2.34. The first-order valence-electron chi connectivity index (χ1n) is 7.72. The van der Waals surface area contributed by atoms with E-state index < -0.39 is 0 Å². The maximum Gasteiger partial charge on any atom is 0.123 e. The highest BCUT2D eigenvalue weighted by atomic mass is 16.5. The Bertz CT molecular complexity index is 377. The first-order valence-corrected chi connectivity index (χ1v) is 7.72. The van der Waals surface area contributed by atoms with Crippen LogP contribution in [-0.2, 0) is 6.54 Å². The molecule has 3 heteroatoms. The minimum Gasteiger partial charge on any atom is -0.492 e. The molecule has 0 heterocycles. The summed E-state index contributed by atoms with van der Waals surface area (Å²) in [5, 5.41) is 3.44. The molecule has 0 amide bonds. The highest BCUT2D eigenvalue weighted by molar-refractivity contribution is 5.33. The van der Waals surface area contributed by atoms with Crippen LogP contribution in [0.1, 0.15) is 40.2 Å². The Morgan fingerprint density at radius 3 is 2.45 bits per heavy atom. The van der Waals surface area contributed by atoms with Crippen LogP contribution in [-0.4, -0.2) is 36.7 Å². The largest absolute Gasteiger partial charge is 0.492 e. The fourth-order valence-corrected chi connectivity index (χ4v) is 2.16. The zero-order valence-electron chi connectivity index (χ0n) is 13.6. The van der Waals surface area contributed by atoms with Crippen molar-refractivity contribution in [2.75, 3.05) is 19.7 Å². The molecule has 0 radical (unpaired) electrons. The van der Waals surface area contributed by atoms with E-state index in [1.54, 1.807) is 0 Å². The Balaban J connectivity index is 2.50. The van der Waals surface area contributed by atoms with Crippen LogP contribution >= 0.6 is 0 Å². The summed E-state index contributed by atoms with van der Waals surface area (Å²) < 4.78 is 5.97. The number of rotatable bonds is 9. The molecule has 1 rings (SSSR count). The predicted molar refractivity (Wildman–Crippen MR) is 86.3 cm³/mol. The molecule has 0 saturated carbocycles. The Kier molecular flexibility index (Phi) is 7.63. The van der Waals surface area contributed by atoms with Gasteiger partial charge in [0, 0.05) is 30.7 Å². The van der Waals surface area contributed by atoms with Crippen molar-refractivity contribution in [3.8, 4) is 5.75 Å². The van der Waals surface area contributed by atoms with E-state index in [1.165, 1.54) is 5.56 Å². The van der Waals surface area contributed by atoms with Gasteiger partial charge in [-0.15, -0.1) is 0 Å². The Hall–Kier alpha value is -1.06. The summed E-state index contributed by atoms with van der Waals surface area (Å²) in [7, 11) is 0. The summed E-state index contributed by atoms with van der Waals surface area (Å²) in [6.07, 6.45) is 0. The summed E-state index contributed by atoms with van der Waals surface area (Å²) in [6, 6.07) is 9.35. The quantitative estimate of drug-likeness (QED) is 0.750. The van der Waals surface area contributed by atoms with Crippen LogP contribution in [0.15, 0.2) is 24.3 Å². The van der Waals surface area contributed by atoms with E-state index in [9.17, 15) is 0 Å². The molecule has 0 fully saturated rings. The van der Waals surface area contributed by atoms with Gasteiger partial charge in [0.25, 0.3) is 0 Å². The summed E-state index contributed by atoms with van der Waals surface area (Å²) in [6.45, 7) is 14.6. The fraction of sp³-hybridized carbons (Fsp3) is 0.647. The summed E-state index contributed by atoms with van der Waals surface area (Å²) >= 11 is 0. The van der Waals surface area contributed by atoms with Gasteiger partial charge in [0.2, 0.25) is 0 Å². The molecule has 0 unspecified atom stereocenters. The molecule has 1 aromatic carbocycles. The lowest BCUT2D eigenvalue weighted by Gasteiger charge is -2.24. The van der Waals surface area contributed by atoms with Gasteiger partial charge in [-0.1, -0.05) is 39.0 Å². The van der Waals surface area contributed by atoms with E-state index in [4.69, 9.17) is 4.74 Å². The van der Waals surface area contributed by atoms with Crippen molar-refractivity contribution in [3.05, 3.63) is 29.8 Å². The third-order valence-electron chi connectivity index (χ3n) is 3.45. The van der Waals surface area contributed by atoms with E-state index >= 15 is 0 Å². The van der Waals surface area contributed by atoms with Gasteiger partial charge in [0.1, 0.15) is 12.4 Å². The molecule has 0 bridgehead atoms. The zero-order valence-corrected chi connectivity index (χ0v) is 13.6. The monoisotopic (exact) mass is 278 g/mol. The van der Waals surface area contributed by atoms with E-state index in [-0.39, 0.29) is 0 Å². The second-order valence-electron chi connectivity index (χ2n) is 5.71.